The van der Waals surface area contributed by atoms with Crippen LogP contribution in [0.5, 0.6) is 0 Å². The lowest BCUT2D eigenvalue weighted by atomic mass is 10.1. The molecule has 1 aromatic carbocycles. The van der Waals surface area contributed by atoms with Crippen molar-refractivity contribution < 1.29 is 19.1 Å². The third kappa shape index (κ3) is 5.03. The highest BCUT2D eigenvalue weighted by Crippen LogP contribution is 2.11. The molecule has 7 nitrogen and oxygen atoms in total. The molecule has 2 fully saturated rings. The summed E-state index contributed by atoms with van der Waals surface area (Å²) < 4.78 is 11.0. The largest absolute Gasteiger partial charge is 0.376 e. The van der Waals surface area contributed by atoms with E-state index in [1.54, 1.807) is 12.1 Å². The summed E-state index contributed by atoms with van der Waals surface area (Å²) in [5.74, 6) is -0.213. The molecule has 0 spiro atoms. The van der Waals surface area contributed by atoms with E-state index in [1.807, 2.05) is 19.1 Å². The Kier molecular flexibility index (Phi) is 6.60. The third-order valence-corrected chi connectivity index (χ3v) is 4.77. The average Bonchev–Trinajstić information content (AvgIpc) is 3.18. The molecule has 2 amide bonds. The van der Waals surface area contributed by atoms with E-state index >= 15 is 0 Å². The number of carbonyl (C=O) groups is 2. The van der Waals surface area contributed by atoms with E-state index in [2.05, 4.69) is 16.0 Å². The van der Waals surface area contributed by atoms with Crippen molar-refractivity contribution in [2.45, 2.75) is 44.6 Å². The molecule has 0 aromatic heterocycles. The average molecular weight is 361 g/mol. The molecular weight excluding hydrogens is 334 g/mol. The molecule has 2 aliphatic heterocycles. The zero-order chi connectivity index (χ0) is 18.4. The first-order chi connectivity index (χ1) is 12.6. The van der Waals surface area contributed by atoms with Gasteiger partial charge in [-0.1, -0.05) is 12.1 Å². The van der Waals surface area contributed by atoms with Gasteiger partial charge in [-0.3, -0.25) is 9.59 Å². The van der Waals surface area contributed by atoms with Crippen LogP contribution in [0.25, 0.3) is 0 Å². The Morgan fingerprint density at radius 3 is 2.88 bits per heavy atom. The van der Waals surface area contributed by atoms with E-state index in [0.717, 1.165) is 25.0 Å². The van der Waals surface area contributed by atoms with Gasteiger partial charge in [0.2, 0.25) is 5.91 Å². The molecule has 142 valence electrons. The van der Waals surface area contributed by atoms with Crippen LogP contribution in [0.15, 0.2) is 24.3 Å². The summed E-state index contributed by atoms with van der Waals surface area (Å²) >= 11 is 0. The lowest BCUT2D eigenvalue weighted by Crippen LogP contribution is -2.55. The quantitative estimate of drug-likeness (QED) is 0.690. The van der Waals surface area contributed by atoms with Crippen molar-refractivity contribution in [2.75, 3.05) is 26.3 Å². The lowest BCUT2D eigenvalue weighted by molar-refractivity contribution is -0.129. The van der Waals surface area contributed by atoms with E-state index in [9.17, 15) is 9.59 Å². The number of hydrogen-bond acceptors (Lipinski definition) is 5. The van der Waals surface area contributed by atoms with Gasteiger partial charge in [0.15, 0.2) is 0 Å². The fraction of sp³-hybridized carbons (Fsp3) is 0.579. The molecule has 0 saturated carbocycles. The van der Waals surface area contributed by atoms with Crippen LogP contribution in [0, 0.1) is 0 Å². The van der Waals surface area contributed by atoms with Gasteiger partial charge in [-0.25, -0.2) is 0 Å². The molecule has 2 saturated heterocycles. The van der Waals surface area contributed by atoms with Crippen LogP contribution in [0.1, 0.15) is 35.7 Å². The Morgan fingerprint density at radius 1 is 1.23 bits per heavy atom. The molecule has 0 bridgehead atoms. The van der Waals surface area contributed by atoms with Crippen LogP contribution in [-0.2, 0) is 20.8 Å². The van der Waals surface area contributed by atoms with Crippen LogP contribution in [0.2, 0.25) is 0 Å². The molecular formula is C19H27N3O4. The van der Waals surface area contributed by atoms with Gasteiger partial charge in [-0.15, -0.1) is 0 Å². The van der Waals surface area contributed by atoms with Gasteiger partial charge >= 0.3 is 0 Å². The van der Waals surface area contributed by atoms with Crippen molar-refractivity contribution in [3.05, 3.63) is 35.4 Å². The monoisotopic (exact) mass is 361 g/mol. The highest BCUT2D eigenvalue weighted by molar-refractivity contribution is 5.94. The predicted molar refractivity (Wildman–Crippen MR) is 96.8 cm³/mol. The normalized spacial score (nSPS) is 25.7. The molecule has 7 heteroatoms. The van der Waals surface area contributed by atoms with Crippen LogP contribution >= 0.6 is 0 Å². The van der Waals surface area contributed by atoms with Gasteiger partial charge in [0.1, 0.15) is 6.04 Å². The minimum absolute atomic E-state index is 0.0922. The standard InChI is InChI=1S/C19H27N3O4/c1-13-17(20-7-9-25-13)19(24)21-11-14-4-2-5-15(10-14)18(23)22-12-16-6-3-8-26-16/h2,4-5,10,13,16-17,20H,3,6-9,11-12H2,1H3,(H,21,24)(H,22,23)/t13-,16?,17+/m1/s1. The highest BCUT2D eigenvalue weighted by atomic mass is 16.5. The summed E-state index contributed by atoms with van der Waals surface area (Å²) in [5, 5.41) is 8.99. The van der Waals surface area contributed by atoms with Crippen LogP contribution in [-0.4, -0.2) is 56.4 Å². The smallest absolute Gasteiger partial charge is 0.251 e. The Labute approximate surface area is 153 Å². The Bertz CT molecular complexity index is 631. The SMILES string of the molecule is C[C@H]1OCCN[C@@H]1C(=O)NCc1cccc(C(=O)NCC2CCCO2)c1. The zero-order valence-electron chi connectivity index (χ0n) is 15.1. The number of rotatable bonds is 6. The Hall–Kier alpha value is -1.96. The third-order valence-electron chi connectivity index (χ3n) is 4.77. The second-order valence-electron chi connectivity index (χ2n) is 6.77. The number of ether oxygens (including phenoxy) is 2. The summed E-state index contributed by atoms with van der Waals surface area (Å²) in [6, 6.07) is 6.95. The van der Waals surface area contributed by atoms with E-state index < -0.39 is 0 Å². The van der Waals surface area contributed by atoms with Gasteiger partial charge < -0.3 is 25.4 Å². The molecule has 2 heterocycles. The van der Waals surface area contributed by atoms with Crippen molar-refractivity contribution in [3.63, 3.8) is 0 Å². The van der Waals surface area contributed by atoms with Gasteiger partial charge in [0.25, 0.3) is 5.91 Å². The maximum atomic E-state index is 12.3. The second-order valence-corrected chi connectivity index (χ2v) is 6.77. The molecule has 0 aliphatic carbocycles. The number of amides is 2. The zero-order valence-corrected chi connectivity index (χ0v) is 15.1. The predicted octanol–water partition coefficient (Wildman–Crippen LogP) is 0.589. The Morgan fingerprint density at radius 2 is 2.12 bits per heavy atom. The summed E-state index contributed by atoms with van der Waals surface area (Å²) in [7, 11) is 0. The van der Waals surface area contributed by atoms with Crippen LogP contribution in [0.3, 0.4) is 0 Å². The Balaban J connectivity index is 1.50. The van der Waals surface area contributed by atoms with Gasteiger partial charge in [-0.2, -0.15) is 0 Å². The molecule has 1 unspecified atom stereocenters. The lowest BCUT2D eigenvalue weighted by Gasteiger charge is -2.29. The maximum Gasteiger partial charge on any atom is 0.251 e. The molecule has 3 atom stereocenters. The minimum atomic E-state index is -0.346. The summed E-state index contributed by atoms with van der Waals surface area (Å²) in [6.07, 6.45) is 2.01. The number of hydrogen-bond donors (Lipinski definition) is 3. The fourth-order valence-electron chi connectivity index (χ4n) is 3.26. The second kappa shape index (κ2) is 9.12. The van der Waals surface area contributed by atoms with Gasteiger partial charge in [-0.05, 0) is 37.5 Å². The molecule has 0 radical (unpaired) electrons. The summed E-state index contributed by atoms with van der Waals surface area (Å²) in [6.45, 7) is 4.85. The topological polar surface area (TPSA) is 88.7 Å². The minimum Gasteiger partial charge on any atom is -0.376 e. The van der Waals surface area contributed by atoms with Crippen molar-refractivity contribution in [1.29, 1.82) is 0 Å². The molecule has 3 rings (SSSR count). The number of carbonyl (C=O) groups excluding carboxylic acids is 2. The van der Waals surface area contributed by atoms with Crippen molar-refractivity contribution in [1.82, 2.24) is 16.0 Å². The van der Waals surface area contributed by atoms with Crippen LogP contribution in [0.4, 0.5) is 0 Å². The molecule has 3 N–H and O–H groups in total. The molecule has 2 aliphatic rings. The first kappa shape index (κ1) is 18.8. The van der Waals surface area contributed by atoms with Crippen molar-refractivity contribution >= 4 is 11.8 Å². The van der Waals surface area contributed by atoms with E-state index in [0.29, 0.717) is 31.8 Å². The van der Waals surface area contributed by atoms with Crippen molar-refractivity contribution in [3.8, 4) is 0 Å². The molecule has 26 heavy (non-hydrogen) atoms. The van der Waals surface area contributed by atoms with Crippen LogP contribution < -0.4 is 16.0 Å². The van der Waals surface area contributed by atoms with E-state index in [1.165, 1.54) is 0 Å². The maximum absolute atomic E-state index is 12.3. The molecule has 1 aromatic rings. The summed E-state index contributed by atoms with van der Waals surface area (Å²) in [4.78, 5) is 24.6. The van der Waals surface area contributed by atoms with Crippen molar-refractivity contribution in [2.24, 2.45) is 0 Å². The number of benzene rings is 1. The highest BCUT2D eigenvalue weighted by Gasteiger charge is 2.27. The first-order valence-corrected chi connectivity index (χ1v) is 9.25. The first-order valence-electron chi connectivity index (χ1n) is 9.25. The van der Waals surface area contributed by atoms with Gasteiger partial charge in [0, 0.05) is 31.8 Å². The fourth-order valence-corrected chi connectivity index (χ4v) is 3.26. The number of nitrogens with one attached hydrogen (secondary N) is 3. The van der Waals surface area contributed by atoms with E-state index in [4.69, 9.17) is 9.47 Å². The summed E-state index contributed by atoms with van der Waals surface area (Å²) in [5.41, 5.74) is 1.47. The van der Waals surface area contributed by atoms with Gasteiger partial charge in [0.05, 0.1) is 18.8 Å². The number of morpholine rings is 1. The van der Waals surface area contributed by atoms with E-state index in [-0.39, 0.29) is 30.1 Å².